The number of hydrogen-bond donors (Lipinski definition) is 1. The zero-order valence-corrected chi connectivity index (χ0v) is 15.5. The van der Waals surface area contributed by atoms with Gasteiger partial charge in [0.2, 0.25) is 0 Å². The summed E-state index contributed by atoms with van der Waals surface area (Å²) in [5.41, 5.74) is 2.37. The lowest BCUT2D eigenvalue weighted by Crippen LogP contribution is -2.06. The monoisotopic (exact) mass is 393 g/mol. The van der Waals surface area contributed by atoms with Gasteiger partial charge in [-0.25, -0.2) is 4.79 Å². The van der Waals surface area contributed by atoms with Crippen LogP contribution in [0.25, 0.3) is 0 Å². The van der Waals surface area contributed by atoms with Crippen LogP contribution in [-0.4, -0.2) is 26.8 Å². The first-order valence-electron chi connectivity index (χ1n) is 7.51. The number of nitrogens with one attached hydrogen (secondary N) is 1. The number of carbonyl (C=O) groups is 1. The Morgan fingerprint density at radius 1 is 1.08 bits per heavy atom. The first kappa shape index (κ1) is 18.1. The molecule has 0 heterocycles. The molecule has 0 unspecified atom stereocenters. The Labute approximate surface area is 150 Å². The van der Waals surface area contributed by atoms with Gasteiger partial charge in [-0.1, -0.05) is 15.9 Å². The molecule has 0 radical (unpaired) electrons. The van der Waals surface area contributed by atoms with Gasteiger partial charge in [-0.05, 0) is 43.3 Å². The number of ether oxygens (including phenoxy) is 3. The van der Waals surface area contributed by atoms with Crippen molar-refractivity contribution in [1.82, 2.24) is 0 Å². The second-order valence-corrected chi connectivity index (χ2v) is 5.77. The van der Waals surface area contributed by atoms with Gasteiger partial charge in [0.15, 0.2) is 11.5 Å². The molecule has 0 aliphatic heterocycles. The highest BCUT2D eigenvalue weighted by Crippen LogP contribution is 2.36. The van der Waals surface area contributed by atoms with E-state index in [1.165, 1.54) is 0 Å². The van der Waals surface area contributed by atoms with Crippen LogP contribution in [0.3, 0.4) is 0 Å². The summed E-state index contributed by atoms with van der Waals surface area (Å²) in [5.74, 6) is 1.04. The minimum absolute atomic E-state index is 0.318. The minimum atomic E-state index is -0.318. The van der Waals surface area contributed by atoms with Crippen molar-refractivity contribution in [3.05, 3.63) is 52.0 Å². The standard InChI is InChI=1S/C18H20BrNO4/c1-4-24-18(21)12-5-7-13(8-6-12)20-11-14-15(19)9-10-16(22-2)17(14)23-3/h5-10,20H,4,11H2,1-3H3. The Morgan fingerprint density at radius 3 is 2.38 bits per heavy atom. The summed E-state index contributed by atoms with van der Waals surface area (Å²) in [7, 11) is 3.22. The Hall–Kier alpha value is -2.21. The van der Waals surface area contributed by atoms with Gasteiger partial charge in [0, 0.05) is 22.3 Å². The van der Waals surface area contributed by atoms with Crippen LogP contribution in [0.4, 0.5) is 5.69 Å². The molecule has 0 aliphatic rings. The van der Waals surface area contributed by atoms with Crippen molar-refractivity contribution in [3.8, 4) is 11.5 Å². The molecule has 1 N–H and O–H groups in total. The highest BCUT2D eigenvalue weighted by Gasteiger charge is 2.13. The molecular weight excluding hydrogens is 374 g/mol. The molecule has 0 saturated heterocycles. The summed E-state index contributed by atoms with van der Waals surface area (Å²) in [4.78, 5) is 11.7. The maximum Gasteiger partial charge on any atom is 0.338 e. The quantitative estimate of drug-likeness (QED) is 0.712. The molecule has 24 heavy (non-hydrogen) atoms. The predicted octanol–water partition coefficient (Wildman–Crippen LogP) is 4.26. The molecular formula is C18H20BrNO4. The van der Waals surface area contributed by atoms with Gasteiger partial charge in [-0.3, -0.25) is 0 Å². The van der Waals surface area contributed by atoms with Crippen LogP contribution in [0.15, 0.2) is 40.9 Å². The fourth-order valence-corrected chi connectivity index (χ4v) is 2.71. The van der Waals surface area contributed by atoms with Gasteiger partial charge in [-0.15, -0.1) is 0 Å². The fraction of sp³-hybridized carbons (Fsp3) is 0.278. The van der Waals surface area contributed by atoms with E-state index < -0.39 is 0 Å². The summed E-state index contributed by atoms with van der Waals surface area (Å²) in [5, 5.41) is 3.31. The minimum Gasteiger partial charge on any atom is -0.493 e. The van der Waals surface area contributed by atoms with E-state index in [-0.39, 0.29) is 5.97 Å². The molecule has 2 rings (SSSR count). The summed E-state index contributed by atoms with van der Waals surface area (Å²) in [6.45, 7) is 2.69. The molecule has 0 aromatic heterocycles. The molecule has 0 amide bonds. The van der Waals surface area contributed by atoms with Crippen molar-refractivity contribution in [2.45, 2.75) is 13.5 Å². The Bertz CT molecular complexity index is 701. The molecule has 0 atom stereocenters. The molecule has 0 bridgehead atoms. The molecule has 0 saturated carbocycles. The van der Waals surface area contributed by atoms with Crippen molar-refractivity contribution in [3.63, 3.8) is 0 Å². The highest BCUT2D eigenvalue weighted by atomic mass is 79.9. The zero-order chi connectivity index (χ0) is 17.5. The first-order valence-corrected chi connectivity index (χ1v) is 8.30. The molecule has 0 aliphatic carbocycles. The number of methoxy groups -OCH3 is 2. The lowest BCUT2D eigenvalue weighted by Gasteiger charge is -2.15. The summed E-state index contributed by atoms with van der Waals surface area (Å²) in [6.07, 6.45) is 0. The number of anilines is 1. The maximum absolute atomic E-state index is 11.7. The van der Waals surface area contributed by atoms with Gasteiger partial charge < -0.3 is 19.5 Å². The Balaban J connectivity index is 2.12. The molecule has 5 nitrogen and oxygen atoms in total. The van der Waals surface area contributed by atoms with E-state index in [0.29, 0.717) is 30.2 Å². The molecule has 0 fully saturated rings. The van der Waals surface area contributed by atoms with Gasteiger partial charge in [0.05, 0.1) is 26.4 Å². The van der Waals surface area contributed by atoms with Gasteiger partial charge in [0.1, 0.15) is 0 Å². The van der Waals surface area contributed by atoms with E-state index in [1.807, 2.05) is 24.3 Å². The average Bonchev–Trinajstić information content (AvgIpc) is 2.61. The smallest absolute Gasteiger partial charge is 0.338 e. The zero-order valence-electron chi connectivity index (χ0n) is 13.9. The predicted molar refractivity (Wildman–Crippen MR) is 97.0 cm³/mol. The molecule has 2 aromatic carbocycles. The van der Waals surface area contributed by atoms with E-state index in [0.717, 1.165) is 15.7 Å². The Kier molecular flexibility index (Phi) is 6.49. The van der Waals surface area contributed by atoms with Crippen LogP contribution in [0.1, 0.15) is 22.8 Å². The van der Waals surface area contributed by atoms with Crippen LogP contribution in [0.5, 0.6) is 11.5 Å². The lowest BCUT2D eigenvalue weighted by molar-refractivity contribution is 0.0526. The largest absolute Gasteiger partial charge is 0.493 e. The van der Waals surface area contributed by atoms with Gasteiger partial charge >= 0.3 is 5.97 Å². The summed E-state index contributed by atoms with van der Waals surface area (Å²) >= 11 is 3.54. The van der Waals surface area contributed by atoms with E-state index >= 15 is 0 Å². The van der Waals surface area contributed by atoms with Crippen LogP contribution in [-0.2, 0) is 11.3 Å². The van der Waals surface area contributed by atoms with E-state index in [2.05, 4.69) is 21.2 Å². The number of benzene rings is 2. The van der Waals surface area contributed by atoms with Gasteiger partial charge in [0.25, 0.3) is 0 Å². The summed E-state index contributed by atoms with van der Waals surface area (Å²) in [6, 6.07) is 10.9. The number of esters is 1. The number of carbonyl (C=O) groups excluding carboxylic acids is 1. The fourth-order valence-electron chi connectivity index (χ4n) is 2.26. The number of rotatable bonds is 7. The maximum atomic E-state index is 11.7. The SMILES string of the molecule is CCOC(=O)c1ccc(NCc2c(Br)ccc(OC)c2OC)cc1. The van der Waals surface area contributed by atoms with Crippen LogP contribution < -0.4 is 14.8 Å². The topological polar surface area (TPSA) is 56.8 Å². The van der Waals surface area contributed by atoms with Crippen LogP contribution >= 0.6 is 15.9 Å². The highest BCUT2D eigenvalue weighted by molar-refractivity contribution is 9.10. The van der Waals surface area contributed by atoms with Crippen molar-refractivity contribution < 1.29 is 19.0 Å². The van der Waals surface area contributed by atoms with Crippen molar-refractivity contribution >= 4 is 27.6 Å². The summed E-state index contributed by atoms with van der Waals surface area (Å²) < 4.78 is 16.7. The van der Waals surface area contributed by atoms with Crippen LogP contribution in [0.2, 0.25) is 0 Å². The number of halogens is 1. The van der Waals surface area contributed by atoms with E-state index in [9.17, 15) is 4.79 Å². The van der Waals surface area contributed by atoms with Gasteiger partial charge in [-0.2, -0.15) is 0 Å². The third-order valence-corrected chi connectivity index (χ3v) is 4.20. The second kappa shape index (κ2) is 8.59. The second-order valence-electron chi connectivity index (χ2n) is 4.91. The van der Waals surface area contributed by atoms with Crippen molar-refractivity contribution in [2.75, 3.05) is 26.1 Å². The molecule has 6 heteroatoms. The molecule has 2 aromatic rings. The van der Waals surface area contributed by atoms with Crippen LogP contribution in [0, 0.1) is 0 Å². The lowest BCUT2D eigenvalue weighted by atomic mass is 10.1. The van der Waals surface area contributed by atoms with Crippen molar-refractivity contribution in [2.24, 2.45) is 0 Å². The third kappa shape index (κ3) is 4.20. The normalized spacial score (nSPS) is 10.2. The van der Waals surface area contributed by atoms with E-state index in [1.54, 1.807) is 33.3 Å². The Morgan fingerprint density at radius 2 is 1.79 bits per heavy atom. The third-order valence-electron chi connectivity index (χ3n) is 3.46. The molecule has 128 valence electrons. The molecule has 0 spiro atoms. The average molecular weight is 394 g/mol. The van der Waals surface area contributed by atoms with E-state index in [4.69, 9.17) is 14.2 Å². The first-order chi connectivity index (χ1) is 11.6. The number of hydrogen-bond acceptors (Lipinski definition) is 5. The van der Waals surface area contributed by atoms with Crippen molar-refractivity contribution in [1.29, 1.82) is 0 Å².